The lowest BCUT2D eigenvalue weighted by atomic mass is 9.95. The molecule has 0 bridgehead atoms. The number of methoxy groups -OCH3 is 2. The van der Waals surface area contributed by atoms with E-state index in [9.17, 15) is 9.59 Å². The van der Waals surface area contributed by atoms with Crippen molar-refractivity contribution in [1.82, 2.24) is 10.6 Å². The van der Waals surface area contributed by atoms with Gasteiger partial charge in [0.1, 0.15) is 0 Å². The fraction of sp³-hybridized carbons (Fsp3) is 0.412. The van der Waals surface area contributed by atoms with Gasteiger partial charge in [0.25, 0.3) is 0 Å². The summed E-state index contributed by atoms with van der Waals surface area (Å²) in [6.07, 6.45) is -0.275. The molecule has 0 aromatic heterocycles. The molecule has 25 heavy (non-hydrogen) atoms. The Labute approximate surface area is 154 Å². The zero-order chi connectivity index (χ0) is 18.7. The van der Waals surface area contributed by atoms with Crippen LogP contribution < -0.4 is 20.1 Å². The minimum absolute atomic E-state index is 0.275. The van der Waals surface area contributed by atoms with Crippen molar-refractivity contribution in [2.24, 2.45) is 0 Å². The molecule has 2 rings (SSSR count). The highest BCUT2D eigenvalue weighted by Gasteiger charge is 2.33. The Kier molecular flexibility index (Phi) is 5.94. The highest BCUT2D eigenvalue weighted by Crippen LogP contribution is 2.40. The maximum atomic E-state index is 12.5. The number of hydrogen-bond donors (Lipinski definition) is 2. The van der Waals surface area contributed by atoms with E-state index < -0.39 is 18.0 Å². The Hall–Kier alpha value is -2.22. The molecular weight excluding hydrogens is 392 g/mol. The Morgan fingerprint density at radius 3 is 2.48 bits per heavy atom. The summed E-state index contributed by atoms with van der Waals surface area (Å²) in [4.78, 5) is 24.5. The molecule has 0 radical (unpaired) electrons. The van der Waals surface area contributed by atoms with Crippen LogP contribution in [0.1, 0.15) is 32.4 Å². The Balaban J connectivity index is 2.54. The number of esters is 1. The van der Waals surface area contributed by atoms with E-state index in [1.165, 1.54) is 14.2 Å². The van der Waals surface area contributed by atoms with Gasteiger partial charge in [-0.3, -0.25) is 0 Å². The van der Waals surface area contributed by atoms with Crippen LogP contribution in [-0.4, -0.2) is 32.3 Å². The third-order valence-corrected chi connectivity index (χ3v) is 4.21. The number of nitrogens with one attached hydrogen (secondary N) is 2. The van der Waals surface area contributed by atoms with Gasteiger partial charge < -0.3 is 24.8 Å². The zero-order valence-corrected chi connectivity index (χ0v) is 16.3. The summed E-state index contributed by atoms with van der Waals surface area (Å²) in [7, 11) is 3.05. The van der Waals surface area contributed by atoms with Crippen LogP contribution in [0.5, 0.6) is 11.5 Å². The number of hydrogen-bond acceptors (Lipinski definition) is 5. The molecule has 1 aliphatic heterocycles. The summed E-state index contributed by atoms with van der Waals surface area (Å²) in [5.74, 6) is 0.517. The van der Waals surface area contributed by atoms with Crippen molar-refractivity contribution in [3.63, 3.8) is 0 Å². The number of amides is 2. The molecule has 1 aromatic carbocycles. The first kappa shape index (κ1) is 19.1. The van der Waals surface area contributed by atoms with Crippen molar-refractivity contribution in [2.45, 2.75) is 32.9 Å². The van der Waals surface area contributed by atoms with Crippen LogP contribution in [0, 0.1) is 0 Å². The van der Waals surface area contributed by atoms with E-state index >= 15 is 0 Å². The molecule has 0 spiro atoms. The Bertz CT molecular complexity index is 730. The topological polar surface area (TPSA) is 85.9 Å². The number of allylic oxidation sites excluding steroid dienone is 1. The highest BCUT2D eigenvalue weighted by atomic mass is 79.9. The van der Waals surface area contributed by atoms with Gasteiger partial charge in [0, 0.05) is 5.70 Å². The molecule has 0 saturated heterocycles. The average Bonchev–Trinajstić information content (AvgIpc) is 2.52. The van der Waals surface area contributed by atoms with Crippen LogP contribution >= 0.6 is 15.9 Å². The summed E-state index contributed by atoms with van der Waals surface area (Å²) < 4.78 is 16.6. The number of ether oxygens (including phenoxy) is 3. The van der Waals surface area contributed by atoms with E-state index in [0.717, 1.165) is 0 Å². The minimum atomic E-state index is -0.670. The second-order valence-electron chi connectivity index (χ2n) is 5.76. The second kappa shape index (κ2) is 7.77. The van der Waals surface area contributed by atoms with Gasteiger partial charge >= 0.3 is 12.0 Å². The van der Waals surface area contributed by atoms with Crippen LogP contribution in [-0.2, 0) is 9.53 Å². The van der Waals surface area contributed by atoms with E-state index in [0.29, 0.717) is 32.8 Å². The Morgan fingerprint density at radius 2 is 1.92 bits per heavy atom. The van der Waals surface area contributed by atoms with E-state index in [1.807, 2.05) is 0 Å². The standard InChI is InChI=1S/C17H21BrN2O5/c1-8(2)25-16(21)13-9(3)19-17(22)20-14(13)10-6-11(18)15(24-5)12(7-10)23-4/h6-8,14H,1-5H3,(H2,19,20,22). The first-order valence-electron chi connectivity index (χ1n) is 7.69. The molecule has 7 nitrogen and oxygen atoms in total. The van der Waals surface area contributed by atoms with Gasteiger partial charge in [0.15, 0.2) is 11.5 Å². The second-order valence-corrected chi connectivity index (χ2v) is 6.62. The SMILES string of the molecule is COc1cc(C2NC(=O)NC(C)=C2C(=O)OC(C)C)cc(Br)c1OC. The van der Waals surface area contributed by atoms with E-state index in [-0.39, 0.29) is 6.10 Å². The lowest BCUT2D eigenvalue weighted by Crippen LogP contribution is -2.45. The number of carbonyl (C=O) groups is 2. The Morgan fingerprint density at radius 1 is 1.24 bits per heavy atom. The molecule has 0 fully saturated rings. The number of benzene rings is 1. The lowest BCUT2D eigenvalue weighted by Gasteiger charge is -2.29. The van der Waals surface area contributed by atoms with Crippen LogP contribution in [0.15, 0.2) is 27.9 Å². The summed E-state index contributed by atoms with van der Waals surface area (Å²) in [6, 6.07) is 2.43. The van der Waals surface area contributed by atoms with Crippen molar-refractivity contribution in [2.75, 3.05) is 14.2 Å². The molecule has 1 aliphatic rings. The van der Waals surface area contributed by atoms with Crippen LogP contribution in [0.25, 0.3) is 0 Å². The molecular formula is C17H21BrN2O5. The fourth-order valence-corrected chi connectivity index (χ4v) is 3.22. The minimum Gasteiger partial charge on any atom is -0.493 e. The molecule has 2 N–H and O–H groups in total. The highest BCUT2D eigenvalue weighted by molar-refractivity contribution is 9.10. The van der Waals surface area contributed by atoms with Gasteiger partial charge in [-0.05, 0) is 54.4 Å². The van der Waals surface area contributed by atoms with Crippen molar-refractivity contribution in [1.29, 1.82) is 0 Å². The van der Waals surface area contributed by atoms with E-state index in [4.69, 9.17) is 14.2 Å². The van der Waals surface area contributed by atoms with Gasteiger partial charge in [-0.1, -0.05) is 0 Å². The van der Waals surface area contributed by atoms with Crippen molar-refractivity contribution in [3.05, 3.63) is 33.4 Å². The van der Waals surface area contributed by atoms with Gasteiger partial charge in [-0.2, -0.15) is 0 Å². The van der Waals surface area contributed by atoms with E-state index in [1.54, 1.807) is 32.9 Å². The smallest absolute Gasteiger partial charge is 0.338 e. The average molecular weight is 413 g/mol. The van der Waals surface area contributed by atoms with Gasteiger partial charge in [-0.25, -0.2) is 9.59 Å². The molecule has 1 aromatic rings. The first-order valence-corrected chi connectivity index (χ1v) is 8.48. The summed E-state index contributed by atoms with van der Waals surface area (Å²) in [5, 5.41) is 5.37. The molecule has 0 aliphatic carbocycles. The van der Waals surface area contributed by atoms with Crippen molar-refractivity contribution in [3.8, 4) is 11.5 Å². The quantitative estimate of drug-likeness (QED) is 0.725. The predicted octanol–water partition coefficient (Wildman–Crippen LogP) is 3.05. The predicted molar refractivity (Wildman–Crippen MR) is 95.6 cm³/mol. The van der Waals surface area contributed by atoms with Crippen molar-refractivity contribution < 1.29 is 23.8 Å². The maximum absolute atomic E-state index is 12.5. The van der Waals surface area contributed by atoms with Gasteiger partial charge in [0.05, 0.1) is 36.4 Å². The summed E-state index contributed by atoms with van der Waals surface area (Å²) in [6.45, 7) is 5.20. The molecule has 8 heteroatoms. The molecule has 0 saturated carbocycles. The summed E-state index contributed by atoms with van der Waals surface area (Å²) >= 11 is 3.43. The van der Waals surface area contributed by atoms with Crippen LogP contribution in [0.4, 0.5) is 4.79 Å². The molecule has 1 heterocycles. The monoisotopic (exact) mass is 412 g/mol. The van der Waals surface area contributed by atoms with Crippen molar-refractivity contribution >= 4 is 27.9 Å². The van der Waals surface area contributed by atoms with Crippen LogP contribution in [0.2, 0.25) is 0 Å². The number of rotatable bonds is 5. The number of urea groups is 1. The molecule has 1 atom stereocenters. The fourth-order valence-electron chi connectivity index (χ4n) is 2.60. The third kappa shape index (κ3) is 4.07. The normalized spacial score (nSPS) is 17.1. The summed E-state index contributed by atoms with van der Waals surface area (Å²) in [5.41, 5.74) is 1.45. The maximum Gasteiger partial charge on any atom is 0.338 e. The van der Waals surface area contributed by atoms with E-state index in [2.05, 4.69) is 26.6 Å². The first-order chi connectivity index (χ1) is 11.8. The van der Waals surface area contributed by atoms with Gasteiger partial charge in [-0.15, -0.1) is 0 Å². The largest absolute Gasteiger partial charge is 0.493 e. The molecule has 2 amide bonds. The lowest BCUT2D eigenvalue weighted by molar-refractivity contribution is -0.143. The third-order valence-electron chi connectivity index (χ3n) is 3.62. The number of halogens is 1. The van der Waals surface area contributed by atoms with Crippen LogP contribution in [0.3, 0.4) is 0 Å². The molecule has 1 unspecified atom stereocenters. The zero-order valence-electron chi connectivity index (χ0n) is 14.7. The molecule has 136 valence electrons. The van der Waals surface area contributed by atoms with Gasteiger partial charge in [0.2, 0.25) is 0 Å². The number of carbonyl (C=O) groups excluding carboxylic acids is 2.